The molecule has 0 aromatic heterocycles. The topological polar surface area (TPSA) is 38.5 Å². The van der Waals surface area contributed by atoms with Crippen LogP contribution in [0.2, 0.25) is 0 Å². The first-order chi connectivity index (χ1) is 9.83. The molecular weight excluding hydrogens is 284 g/mol. The molecule has 0 spiro atoms. The van der Waals surface area contributed by atoms with Crippen molar-refractivity contribution in [2.45, 2.75) is 45.6 Å². The lowest BCUT2D eigenvalue weighted by atomic mass is 10.0. The third kappa shape index (κ3) is 5.85. The second-order valence-electron chi connectivity index (χ2n) is 5.60. The normalized spacial score (nSPS) is 15.5. The van der Waals surface area contributed by atoms with Crippen molar-refractivity contribution in [2.75, 3.05) is 26.2 Å². The minimum atomic E-state index is 0. The smallest absolute Gasteiger partial charge is 0.123 e. The van der Waals surface area contributed by atoms with Gasteiger partial charge in [-0.1, -0.05) is 18.6 Å². The van der Waals surface area contributed by atoms with E-state index in [4.69, 9.17) is 10.5 Å². The predicted molar refractivity (Wildman–Crippen MR) is 91.4 cm³/mol. The van der Waals surface area contributed by atoms with Crippen LogP contribution in [0.15, 0.2) is 18.2 Å². The molecule has 2 rings (SSSR count). The monoisotopic (exact) mass is 312 g/mol. The molecule has 0 bridgehead atoms. The average Bonchev–Trinajstić information content (AvgIpc) is 2.49. The SMILES string of the molecule is CCOc1ccc(CCCN)cc1CN1CCCCC1.Cl. The standard InChI is InChI=1S/C17H28N2O.ClH/c1-2-20-17-9-8-15(7-6-10-18)13-16(17)14-19-11-4-3-5-12-19;/h8-9,13H,2-7,10-12,14,18H2,1H3;1H. The largest absolute Gasteiger partial charge is 0.494 e. The van der Waals surface area contributed by atoms with Crippen LogP contribution < -0.4 is 10.5 Å². The highest BCUT2D eigenvalue weighted by Crippen LogP contribution is 2.24. The molecule has 4 heteroatoms. The molecular formula is C17H29ClN2O. The lowest BCUT2D eigenvalue weighted by Gasteiger charge is -2.27. The molecule has 3 nitrogen and oxygen atoms in total. The highest BCUT2D eigenvalue weighted by atomic mass is 35.5. The average molecular weight is 313 g/mol. The van der Waals surface area contributed by atoms with Crippen molar-refractivity contribution < 1.29 is 4.74 Å². The number of piperidine rings is 1. The van der Waals surface area contributed by atoms with Gasteiger partial charge in [0.25, 0.3) is 0 Å². The predicted octanol–water partition coefficient (Wildman–Crippen LogP) is 3.38. The number of aryl methyl sites for hydroxylation is 1. The number of rotatable bonds is 7. The van der Waals surface area contributed by atoms with E-state index in [1.54, 1.807) is 0 Å². The highest BCUT2D eigenvalue weighted by molar-refractivity contribution is 5.85. The minimum Gasteiger partial charge on any atom is -0.494 e. The number of ether oxygens (including phenoxy) is 1. The van der Waals surface area contributed by atoms with Gasteiger partial charge in [-0.3, -0.25) is 4.90 Å². The Hall–Kier alpha value is -0.770. The van der Waals surface area contributed by atoms with E-state index in [2.05, 4.69) is 23.1 Å². The van der Waals surface area contributed by atoms with Crippen molar-refractivity contribution >= 4 is 12.4 Å². The third-order valence-corrected chi connectivity index (χ3v) is 3.94. The van der Waals surface area contributed by atoms with Gasteiger partial charge in [0.15, 0.2) is 0 Å². The van der Waals surface area contributed by atoms with Gasteiger partial charge in [-0.2, -0.15) is 0 Å². The molecule has 120 valence electrons. The molecule has 0 atom stereocenters. The molecule has 1 aliphatic heterocycles. The maximum absolute atomic E-state index is 5.79. The fraction of sp³-hybridized carbons (Fsp3) is 0.647. The van der Waals surface area contributed by atoms with Crippen LogP contribution in [0, 0.1) is 0 Å². The Morgan fingerprint density at radius 1 is 1.19 bits per heavy atom. The van der Waals surface area contributed by atoms with Crippen LogP contribution in [-0.4, -0.2) is 31.1 Å². The van der Waals surface area contributed by atoms with Crippen LogP contribution in [-0.2, 0) is 13.0 Å². The maximum atomic E-state index is 5.79. The second kappa shape index (κ2) is 10.0. The second-order valence-corrected chi connectivity index (χ2v) is 5.60. The van der Waals surface area contributed by atoms with Gasteiger partial charge in [-0.25, -0.2) is 0 Å². The van der Waals surface area contributed by atoms with E-state index in [1.165, 1.54) is 43.5 Å². The lowest BCUT2D eigenvalue weighted by molar-refractivity contribution is 0.216. The number of nitrogens with zero attached hydrogens (tertiary/aromatic N) is 1. The lowest BCUT2D eigenvalue weighted by Crippen LogP contribution is -2.29. The molecule has 0 amide bonds. The molecule has 2 N–H and O–H groups in total. The third-order valence-electron chi connectivity index (χ3n) is 3.94. The summed E-state index contributed by atoms with van der Waals surface area (Å²) in [7, 11) is 0. The van der Waals surface area contributed by atoms with Crippen molar-refractivity contribution in [3.05, 3.63) is 29.3 Å². The van der Waals surface area contributed by atoms with Crippen LogP contribution in [0.1, 0.15) is 43.7 Å². The van der Waals surface area contributed by atoms with Crippen LogP contribution in [0.25, 0.3) is 0 Å². The Balaban J connectivity index is 0.00000220. The Labute approximate surface area is 135 Å². The van der Waals surface area contributed by atoms with E-state index in [9.17, 15) is 0 Å². The van der Waals surface area contributed by atoms with Gasteiger partial charge in [-0.15, -0.1) is 12.4 Å². The van der Waals surface area contributed by atoms with Crippen LogP contribution in [0.4, 0.5) is 0 Å². The number of halogens is 1. The van der Waals surface area contributed by atoms with Gasteiger partial charge in [0.1, 0.15) is 5.75 Å². The zero-order valence-electron chi connectivity index (χ0n) is 13.1. The Kier molecular flexibility index (Phi) is 8.74. The van der Waals surface area contributed by atoms with E-state index in [0.29, 0.717) is 0 Å². The zero-order chi connectivity index (χ0) is 14.2. The van der Waals surface area contributed by atoms with Crippen molar-refractivity contribution in [3.63, 3.8) is 0 Å². The van der Waals surface area contributed by atoms with E-state index in [1.807, 2.05) is 6.92 Å². The first-order valence-corrected chi connectivity index (χ1v) is 8.00. The molecule has 0 saturated carbocycles. The maximum Gasteiger partial charge on any atom is 0.123 e. The van der Waals surface area contributed by atoms with E-state index in [-0.39, 0.29) is 12.4 Å². The molecule has 1 heterocycles. The van der Waals surface area contributed by atoms with Gasteiger partial charge < -0.3 is 10.5 Å². The first-order valence-electron chi connectivity index (χ1n) is 8.00. The summed E-state index contributed by atoms with van der Waals surface area (Å²) in [4.78, 5) is 2.55. The molecule has 0 radical (unpaired) electrons. The summed E-state index contributed by atoms with van der Waals surface area (Å²) >= 11 is 0. The number of nitrogens with two attached hydrogens (primary N) is 1. The van der Waals surface area contributed by atoms with Crippen molar-refractivity contribution in [1.29, 1.82) is 0 Å². The minimum absolute atomic E-state index is 0. The van der Waals surface area contributed by atoms with Crippen LogP contribution >= 0.6 is 12.4 Å². The summed E-state index contributed by atoms with van der Waals surface area (Å²) in [6.07, 6.45) is 6.16. The molecule has 0 aliphatic carbocycles. The van der Waals surface area contributed by atoms with Gasteiger partial charge in [0, 0.05) is 12.1 Å². The van der Waals surface area contributed by atoms with Crippen molar-refractivity contribution in [2.24, 2.45) is 5.73 Å². The van der Waals surface area contributed by atoms with Crippen LogP contribution in [0.3, 0.4) is 0 Å². The summed E-state index contributed by atoms with van der Waals surface area (Å²) < 4.78 is 5.79. The summed E-state index contributed by atoms with van der Waals surface area (Å²) in [5.74, 6) is 1.05. The number of hydrogen-bond donors (Lipinski definition) is 1. The van der Waals surface area contributed by atoms with Gasteiger partial charge in [0.2, 0.25) is 0 Å². The van der Waals surface area contributed by atoms with Crippen molar-refractivity contribution in [1.82, 2.24) is 4.90 Å². The summed E-state index contributed by atoms with van der Waals surface area (Å²) in [6.45, 7) is 7.00. The van der Waals surface area contributed by atoms with Gasteiger partial charge in [0.05, 0.1) is 6.61 Å². The summed E-state index contributed by atoms with van der Waals surface area (Å²) in [5.41, 5.74) is 8.33. The van der Waals surface area contributed by atoms with E-state index >= 15 is 0 Å². The molecule has 1 aliphatic rings. The number of likely N-dealkylation sites (tertiary alicyclic amines) is 1. The zero-order valence-corrected chi connectivity index (χ0v) is 14.0. The van der Waals surface area contributed by atoms with Gasteiger partial charge >= 0.3 is 0 Å². The Morgan fingerprint density at radius 3 is 2.62 bits per heavy atom. The van der Waals surface area contributed by atoms with Crippen LogP contribution in [0.5, 0.6) is 5.75 Å². The number of hydrogen-bond acceptors (Lipinski definition) is 3. The Morgan fingerprint density at radius 2 is 1.95 bits per heavy atom. The summed E-state index contributed by atoms with van der Waals surface area (Å²) in [5, 5.41) is 0. The van der Waals surface area contributed by atoms with Gasteiger partial charge in [-0.05, 0) is 63.9 Å². The highest BCUT2D eigenvalue weighted by Gasteiger charge is 2.13. The molecule has 0 unspecified atom stereocenters. The first kappa shape index (κ1) is 18.3. The molecule has 1 aromatic rings. The van der Waals surface area contributed by atoms with Crippen molar-refractivity contribution in [3.8, 4) is 5.75 Å². The van der Waals surface area contributed by atoms with E-state index in [0.717, 1.165) is 38.3 Å². The fourth-order valence-corrected chi connectivity index (χ4v) is 2.87. The Bertz CT molecular complexity index is 406. The molecule has 1 saturated heterocycles. The number of benzene rings is 1. The molecule has 1 aromatic carbocycles. The van der Waals surface area contributed by atoms with E-state index < -0.39 is 0 Å². The molecule has 21 heavy (non-hydrogen) atoms. The summed E-state index contributed by atoms with van der Waals surface area (Å²) in [6, 6.07) is 6.63. The molecule has 1 fully saturated rings. The quantitative estimate of drug-likeness (QED) is 0.839. The fourth-order valence-electron chi connectivity index (χ4n) is 2.87.